The van der Waals surface area contributed by atoms with Crippen molar-refractivity contribution in [3.8, 4) is 5.75 Å². The van der Waals surface area contributed by atoms with E-state index in [1.807, 2.05) is 0 Å². The van der Waals surface area contributed by atoms with Crippen LogP contribution in [0.15, 0.2) is 54.6 Å². The molecule has 49 nitrogen and oxygen atoms in total. The Bertz CT molecular complexity index is 4380. The third-order valence-corrected chi connectivity index (χ3v) is 20.5. The summed E-state index contributed by atoms with van der Waals surface area (Å²) in [6.45, 7) is 16.5. The molecule has 0 bridgehead atoms. The van der Waals surface area contributed by atoms with E-state index in [4.69, 9.17) is 22.9 Å². The Hall–Kier alpha value is -13.6. The van der Waals surface area contributed by atoms with Crippen LogP contribution in [0.25, 0.3) is 0 Å². The van der Waals surface area contributed by atoms with Gasteiger partial charge in [-0.25, -0.2) is 4.79 Å². The summed E-state index contributed by atoms with van der Waals surface area (Å²) in [6.07, 6.45) is -11.5. The van der Waals surface area contributed by atoms with Crippen LogP contribution in [-0.4, -0.2) is 287 Å². The van der Waals surface area contributed by atoms with Gasteiger partial charge in [0.15, 0.2) is 0 Å². The Kier molecular flexibility index (Phi) is 48.7. The van der Waals surface area contributed by atoms with Gasteiger partial charge in [0.1, 0.15) is 96.4 Å². The van der Waals surface area contributed by atoms with E-state index in [-0.39, 0.29) is 18.6 Å². The van der Waals surface area contributed by atoms with Gasteiger partial charge in [0.2, 0.25) is 112 Å². The van der Waals surface area contributed by atoms with Gasteiger partial charge in [-0.2, -0.15) is 0 Å². The number of phenols is 1. The highest BCUT2D eigenvalue weighted by Crippen LogP contribution is 2.17. The molecule has 0 unspecified atom stereocenters. The second-order valence-corrected chi connectivity index (χ2v) is 32.9. The van der Waals surface area contributed by atoms with E-state index in [1.165, 1.54) is 91.8 Å². The number of aliphatic hydroxyl groups excluding tert-OH is 3. The number of aromatic hydroxyl groups is 1. The van der Waals surface area contributed by atoms with Crippen LogP contribution in [0.5, 0.6) is 5.75 Å². The van der Waals surface area contributed by atoms with Crippen LogP contribution in [0.2, 0.25) is 0 Å². The molecule has 132 heavy (non-hydrogen) atoms. The number of carboxylic acids is 3. The number of nitrogens with one attached hydrogen (secondary N) is 16. The number of rotatable bonds is 59. The van der Waals surface area contributed by atoms with E-state index >= 15 is 0 Å². The molecule has 0 saturated heterocycles. The van der Waals surface area contributed by atoms with Gasteiger partial charge in [-0.15, -0.1) is 0 Å². The molecule has 734 valence electrons. The van der Waals surface area contributed by atoms with Gasteiger partial charge in [0.25, 0.3) is 0 Å². The van der Waals surface area contributed by atoms with Crippen LogP contribution in [0.4, 0.5) is 0 Å². The van der Waals surface area contributed by atoms with Gasteiger partial charge in [0, 0.05) is 32.1 Å². The summed E-state index contributed by atoms with van der Waals surface area (Å²) in [5.41, 5.74) is 23.1. The number of hydrogen-bond acceptors (Lipinski definition) is 27. The number of phenolic OH excluding ortho intramolecular Hbond substituents is 1. The molecule has 0 radical (unpaired) electrons. The lowest BCUT2D eigenvalue weighted by Crippen LogP contribution is -2.64. The van der Waals surface area contributed by atoms with E-state index in [0.717, 1.165) is 27.7 Å². The minimum Gasteiger partial charge on any atom is -0.508 e. The summed E-state index contributed by atoms with van der Waals surface area (Å²) in [6, 6.07) is -13.6. The minimum absolute atomic E-state index is 0.0454. The van der Waals surface area contributed by atoms with Crippen molar-refractivity contribution in [2.75, 3.05) is 6.54 Å². The fourth-order valence-corrected chi connectivity index (χ4v) is 12.6. The number of amides is 19. The van der Waals surface area contributed by atoms with E-state index in [0.29, 0.717) is 11.1 Å². The monoisotopic (exact) mass is 1870 g/mol. The molecule has 2 aromatic rings. The molecule has 31 N–H and O–H groups in total. The lowest BCUT2D eigenvalue weighted by Gasteiger charge is -2.31. The number of nitrogens with two attached hydrogens (primary N) is 4. The molecule has 49 heteroatoms. The SMILES string of the molecule is CC[C@H](C)[C@H](NC(=O)[C@H](C)NC(=O)[C@@H](NC(=O)[C@H](C)NC(=O)[C@@H](NC(=O)[C@H](CCC(=O)O)NC(=O)[C@@H](N)Cc1ccc(O)cc1)C(C)C)[C@@H](C)O)C(=O)N[C@H](C(=O)N[C@@H](Cc1ccccc1)C(=O)N[C@H](C(=O)N[C@H](C(=O)N[C@@H](CC(N)=O)C(=O)N[C@@H](CCC(=O)O)C(=O)N[C@@H](CCC(N)=O)C(=O)NCC(=O)N[C@@H](CCC(N)=O)C(=O)N[C@H](C(=O)O)C(C)C)C(C)C)[C@@H](C)O)[C@@H](C)O. The number of benzene rings is 2. The van der Waals surface area contributed by atoms with Crippen molar-refractivity contribution in [2.45, 2.75) is 282 Å². The van der Waals surface area contributed by atoms with Crippen molar-refractivity contribution in [1.29, 1.82) is 0 Å². The number of aliphatic carboxylic acids is 3. The molecule has 2 aromatic carbocycles. The summed E-state index contributed by atoms with van der Waals surface area (Å²) >= 11 is 0. The van der Waals surface area contributed by atoms with Gasteiger partial charge in [-0.3, -0.25) is 101 Å². The highest BCUT2D eigenvalue weighted by atomic mass is 16.4. The van der Waals surface area contributed by atoms with Gasteiger partial charge < -0.3 is 144 Å². The maximum absolute atomic E-state index is 14.6. The molecular weight excluding hydrogens is 1740 g/mol. The standard InChI is InChI=1S/C83H128N20O29/c1-14-39(8)64(100-68(116)40(9)90-80(128)65(42(11)104)101-69(117)41(10)89-77(125)61(36(2)3)97-74(122)52(27-31-60(114)115)92-70(118)48(84)32-46-20-22-47(107)23-21-46)79(127)103-66(43(12)105)81(129)95-53(33-45-18-16-15-17-19-45)76(124)102-67(44(13)106)82(130)98-62(37(4)5)78(126)96-54(34-57(87)110)75(123)94-51(26-30-59(112)113)72(120)93-49(24-28-55(85)108)71(119)88-35-58(111)91-50(25-29-56(86)109)73(121)99-63(38(6)7)83(131)132/h15-23,36-44,48-54,61-67,104-107H,14,24-35,84H2,1-13H3,(H2,85,108)(H2,86,109)(H2,87,110)(H,88,119)(H,89,125)(H,90,128)(H,91,111)(H,92,118)(H,93,120)(H,94,123)(H,95,129)(H,96,126)(H,97,122)(H,98,130)(H,99,121)(H,100,116)(H,101,117)(H,102,124)(H,103,127)(H,112,113)(H,114,115)(H,131,132)/t39-,40-,41-,42+,43+,44+,48-,49-,50-,51-,52-,53-,54-,61-,62-,63-,64-,65-,66-,67-/m0/s1. The average molecular weight is 1870 g/mol. The van der Waals surface area contributed by atoms with Crippen LogP contribution < -0.4 is 108 Å². The Labute approximate surface area is 760 Å². The highest BCUT2D eigenvalue weighted by molar-refractivity contribution is 6.02. The van der Waals surface area contributed by atoms with Gasteiger partial charge in [0.05, 0.1) is 37.3 Å². The summed E-state index contributed by atoms with van der Waals surface area (Å²) in [4.78, 5) is 294. The summed E-state index contributed by atoms with van der Waals surface area (Å²) in [7, 11) is 0. The zero-order valence-corrected chi connectivity index (χ0v) is 75.6. The first-order valence-electron chi connectivity index (χ1n) is 42.5. The van der Waals surface area contributed by atoms with Crippen LogP contribution in [-0.2, 0) is 118 Å². The van der Waals surface area contributed by atoms with Crippen molar-refractivity contribution in [3.63, 3.8) is 0 Å². The topological polar surface area (TPSA) is 814 Å². The predicted molar refractivity (Wildman–Crippen MR) is 464 cm³/mol. The number of hydrogen-bond donors (Lipinski definition) is 27. The Balaban J connectivity index is 2.39. The van der Waals surface area contributed by atoms with Crippen molar-refractivity contribution >= 4 is 130 Å². The molecule has 0 fully saturated rings. The fraction of sp³-hybridized carbons (Fsp3) is 0.590. The maximum Gasteiger partial charge on any atom is 0.326 e. The van der Waals surface area contributed by atoms with Crippen molar-refractivity contribution in [3.05, 3.63) is 65.7 Å². The number of primary amides is 3. The zero-order chi connectivity index (χ0) is 101. The molecule has 20 atom stereocenters. The second-order valence-electron chi connectivity index (χ2n) is 32.9. The quantitative estimate of drug-likeness (QED) is 0.0292. The third kappa shape index (κ3) is 40.6. The molecular formula is C83H128N20O29. The Morgan fingerprint density at radius 3 is 1.06 bits per heavy atom. The molecule has 0 saturated carbocycles. The fourth-order valence-electron chi connectivity index (χ4n) is 12.6. The Morgan fingerprint density at radius 2 is 0.636 bits per heavy atom. The van der Waals surface area contributed by atoms with Crippen LogP contribution >= 0.6 is 0 Å². The lowest BCUT2D eigenvalue weighted by atomic mass is 9.97. The average Bonchev–Trinajstić information content (AvgIpc) is 0.824. The lowest BCUT2D eigenvalue weighted by molar-refractivity contribution is -0.143. The Morgan fingerprint density at radius 1 is 0.318 bits per heavy atom. The van der Waals surface area contributed by atoms with Crippen molar-refractivity contribution in [2.24, 2.45) is 46.6 Å². The number of carbonyl (C=O) groups is 22. The highest BCUT2D eigenvalue weighted by Gasteiger charge is 2.42. The van der Waals surface area contributed by atoms with Crippen LogP contribution in [0.1, 0.15) is 165 Å². The molecule has 0 spiro atoms. The third-order valence-electron chi connectivity index (χ3n) is 20.5. The number of aliphatic hydroxyl groups is 3. The molecule has 19 amide bonds. The van der Waals surface area contributed by atoms with E-state index in [1.54, 1.807) is 25.1 Å². The molecule has 0 heterocycles. The van der Waals surface area contributed by atoms with Crippen molar-refractivity contribution < 1.29 is 141 Å². The first-order valence-corrected chi connectivity index (χ1v) is 42.5. The maximum atomic E-state index is 14.6. The summed E-state index contributed by atoms with van der Waals surface area (Å²) < 4.78 is 0. The first-order chi connectivity index (χ1) is 61.5. The smallest absolute Gasteiger partial charge is 0.326 e. The molecule has 0 aromatic heterocycles. The second kappa shape index (κ2) is 56.1. The van der Waals surface area contributed by atoms with Gasteiger partial charge in [-0.05, 0) is 114 Å². The van der Waals surface area contributed by atoms with E-state index in [2.05, 4.69) is 85.1 Å². The first kappa shape index (κ1) is 114. The summed E-state index contributed by atoms with van der Waals surface area (Å²) in [5, 5.41) is 108. The van der Waals surface area contributed by atoms with E-state index in [9.17, 15) is 141 Å². The molecule has 2 rings (SSSR count). The largest absolute Gasteiger partial charge is 0.508 e. The molecule has 0 aliphatic carbocycles. The number of carbonyl (C=O) groups excluding carboxylic acids is 19. The van der Waals surface area contributed by atoms with Gasteiger partial charge in [-0.1, -0.05) is 104 Å². The zero-order valence-electron chi connectivity index (χ0n) is 75.6. The predicted octanol–water partition coefficient (Wildman–Crippen LogP) is -8.69. The molecule has 0 aliphatic heterocycles. The minimum atomic E-state index is -2.07. The van der Waals surface area contributed by atoms with Crippen molar-refractivity contribution in [1.82, 2.24) is 85.1 Å². The molecule has 0 aliphatic rings. The van der Waals surface area contributed by atoms with Crippen LogP contribution in [0, 0.1) is 23.7 Å². The van der Waals surface area contributed by atoms with E-state index < -0.39 is 340 Å². The number of carboxylic acid groups (broad SMARTS) is 3. The summed E-state index contributed by atoms with van der Waals surface area (Å²) in [5.74, 6) is -29.0. The van der Waals surface area contributed by atoms with Crippen LogP contribution in [0.3, 0.4) is 0 Å². The van der Waals surface area contributed by atoms with Gasteiger partial charge >= 0.3 is 17.9 Å². The normalized spacial score (nSPS) is 15.7.